The SMILES string of the molecule is Cc1c(NC(=O)c2nc3nc(-c4ccccc4)cc(C(F)(F)F)n3n2)c(=O)n(-c2ccccc2)n1C. The molecule has 1 N–H and O–H groups in total. The van der Waals surface area contributed by atoms with Gasteiger partial charge < -0.3 is 5.32 Å². The number of alkyl halides is 3. The molecule has 0 aliphatic rings. The van der Waals surface area contributed by atoms with E-state index in [9.17, 15) is 22.8 Å². The fourth-order valence-corrected chi connectivity index (χ4v) is 3.81. The van der Waals surface area contributed by atoms with Gasteiger partial charge in [0.05, 0.1) is 17.1 Å². The Labute approximate surface area is 201 Å². The van der Waals surface area contributed by atoms with Gasteiger partial charge in [-0.2, -0.15) is 22.7 Å². The lowest BCUT2D eigenvalue weighted by atomic mass is 10.1. The Kier molecular flexibility index (Phi) is 5.43. The Morgan fingerprint density at radius 2 is 1.61 bits per heavy atom. The number of rotatable bonds is 4. The topological polar surface area (TPSA) is 99.1 Å². The number of nitrogens with zero attached hydrogens (tertiary/aromatic N) is 6. The first kappa shape index (κ1) is 23.0. The molecule has 0 unspecified atom stereocenters. The fraction of sp³-hybridized carbons (Fsp3) is 0.125. The number of amides is 1. The van der Waals surface area contributed by atoms with E-state index in [4.69, 9.17) is 0 Å². The predicted molar refractivity (Wildman–Crippen MR) is 125 cm³/mol. The highest BCUT2D eigenvalue weighted by molar-refractivity contribution is 6.02. The Hall–Kier alpha value is -4.74. The molecule has 0 aliphatic carbocycles. The van der Waals surface area contributed by atoms with E-state index < -0.39 is 34.9 Å². The highest BCUT2D eigenvalue weighted by Crippen LogP contribution is 2.31. The minimum absolute atomic E-state index is 0.0273. The Morgan fingerprint density at radius 1 is 0.972 bits per heavy atom. The van der Waals surface area contributed by atoms with E-state index in [1.165, 1.54) is 4.68 Å². The van der Waals surface area contributed by atoms with Crippen molar-refractivity contribution in [1.82, 2.24) is 28.9 Å². The molecule has 0 fully saturated rings. The quantitative estimate of drug-likeness (QED) is 0.410. The van der Waals surface area contributed by atoms with E-state index in [1.807, 2.05) is 0 Å². The van der Waals surface area contributed by atoms with Crippen LogP contribution in [0, 0.1) is 6.92 Å². The summed E-state index contributed by atoms with van der Waals surface area (Å²) in [5, 5.41) is 6.20. The standard InChI is InChI=1S/C24H18F3N7O2/c1-14-19(22(36)34(32(14)2)16-11-7-4-8-12-16)29-21(35)20-30-23-28-17(15-9-5-3-6-10-15)13-18(24(25,26)27)33(23)31-20/h3-13H,1-2H3,(H,29,35). The minimum Gasteiger partial charge on any atom is -0.313 e. The molecule has 5 rings (SSSR count). The zero-order valence-electron chi connectivity index (χ0n) is 19.0. The van der Waals surface area contributed by atoms with Crippen molar-refractivity contribution in [3.63, 3.8) is 0 Å². The summed E-state index contributed by atoms with van der Waals surface area (Å²) < 4.78 is 44.9. The maximum atomic E-state index is 13.8. The lowest BCUT2D eigenvalue weighted by Gasteiger charge is -2.10. The third-order valence-electron chi connectivity index (χ3n) is 5.67. The van der Waals surface area contributed by atoms with E-state index in [2.05, 4.69) is 20.4 Å². The van der Waals surface area contributed by atoms with Crippen LogP contribution in [-0.4, -0.2) is 34.9 Å². The zero-order valence-corrected chi connectivity index (χ0v) is 19.0. The molecule has 3 heterocycles. The number of nitrogens with one attached hydrogen (secondary N) is 1. The molecule has 5 aromatic rings. The Morgan fingerprint density at radius 3 is 2.25 bits per heavy atom. The summed E-state index contributed by atoms with van der Waals surface area (Å²) in [5.74, 6) is -1.91. The van der Waals surface area contributed by atoms with Gasteiger partial charge in [-0.1, -0.05) is 48.5 Å². The normalized spacial score (nSPS) is 11.7. The zero-order chi connectivity index (χ0) is 25.6. The van der Waals surface area contributed by atoms with Crippen molar-refractivity contribution in [3.8, 4) is 16.9 Å². The summed E-state index contributed by atoms with van der Waals surface area (Å²) in [7, 11) is 1.65. The average Bonchev–Trinajstić information content (AvgIpc) is 3.39. The molecule has 182 valence electrons. The van der Waals surface area contributed by atoms with Gasteiger partial charge in [0.2, 0.25) is 5.82 Å². The molecule has 0 bridgehead atoms. The summed E-state index contributed by atoms with van der Waals surface area (Å²) in [6.07, 6.45) is -4.79. The molecule has 0 radical (unpaired) electrons. The summed E-state index contributed by atoms with van der Waals surface area (Å²) in [4.78, 5) is 34.1. The van der Waals surface area contributed by atoms with Crippen molar-refractivity contribution in [2.24, 2.45) is 7.05 Å². The van der Waals surface area contributed by atoms with Crippen molar-refractivity contribution in [1.29, 1.82) is 0 Å². The third-order valence-corrected chi connectivity index (χ3v) is 5.67. The van der Waals surface area contributed by atoms with Crippen LogP contribution >= 0.6 is 0 Å². The van der Waals surface area contributed by atoms with E-state index >= 15 is 0 Å². The average molecular weight is 493 g/mol. The number of halogens is 3. The van der Waals surface area contributed by atoms with Crippen molar-refractivity contribution in [2.75, 3.05) is 5.32 Å². The van der Waals surface area contributed by atoms with Crippen molar-refractivity contribution >= 4 is 17.4 Å². The number of para-hydroxylation sites is 1. The van der Waals surface area contributed by atoms with E-state index in [-0.39, 0.29) is 11.4 Å². The third kappa shape index (κ3) is 3.91. The molecule has 0 saturated carbocycles. The second kappa shape index (κ2) is 8.48. The van der Waals surface area contributed by atoms with Crippen LogP contribution in [0.1, 0.15) is 22.0 Å². The van der Waals surface area contributed by atoms with Gasteiger partial charge in [0, 0.05) is 12.6 Å². The molecule has 2 aromatic carbocycles. The molecular formula is C24H18F3N7O2. The highest BCUT2D eigenvalue weighted by atomic mass is 19.4. The van der Waals surface area contributed by atoms with Gasteiger partial charge in [0.25, 0.3) is 17.2 Å². The number of hydrogen-bond acceptors (Lipinski definition) is 5. The summed E-state index contributed by atoms with van der Waals surface area (Å²) in [5.41, 5.74) is -0.216. The van der Waals surface area contributed by atoms with Gasteiger partial charge in [0.15, 0.2) is 5.69 Å². The highest BCUT2D eigenvalue weighted by Gasteiger charge is 2.36. The predicted octanol–water partition coefficient (Wildman–Crippen LogP) is 3.86. The van der Waals surface area contributed by atoms with Crippen LogP contribution in [0.25, 0.3) is 22.7 Å². The second-order valence-corrected chi connectivity index (χ2v) is 7.93. The van der Waals surface area contributed by atoms with Gasteiger partial charge >= 0.3 is 6.18 Å². The van der Waals surface area contributed by atoms with Crippen LogP contribution < -0.4 is 10.9 Å². The van der Waals surface area contributed by atoms with Gasteiger partial charge in [-0.15, -0.1) is 5.10 Å². The molecule has 1 amide bonds. The first-order chi connectivity index (χ1) is 17.1. The smallest absolute Gasteiger partial charge is 0.313 e. The molecule has 3 aromatic heterocycles. The number of hydrogen-bond donors (Lipinski definition) is 1. The molecule has 0 saturated heterocycles. The molecule has 0 aliphatic heterocycles. The number of aromatic nitrogens is 6. The monoisotopic (exact) mass is 493 g/mol. The Balaban J connectivity index is 1.56. The van der Waals surface area contributed by atoms with Gasteiger partial charge in [0.1, 0.15) is 5.69 Å². The van der Waals surface area contributed by atoms with Crippen molar-refractivity contribution in [3.05, 3.63) is 94.3 Å². The number of fused-ring (bicyclic) bond motifs is 1. The van der Waals surface area contributed by atoms with Crippen LogP contribution in [-0.2, 0) is 13.2 Å². The van der Waals surface area contributed by atoms with Crippen LogP contribution in [0.2, 0.25) is 0 Å². The molecule has 0 atom stereocenters. The lowest BCUT2D eigenvalue weighted by molar-refractivity contribution is -0.142. The van der Waals surface area contributed by atoms with Gasteiger partial charge in [-0.3, -0.25) is 14.3 Å². The summed E-state index contributed by atoms with van der Waals surface area (Å²) >= 11 is 0. The van der Waals surface area contributed by atoms with E-state index in [0.29, 0.717) is 21.5 Å². The maximum absolute atomic E-state index is 13.8. The van der Waals surface area contributed by atoms with Crippen LogP contribution in [0.15, 0.2) is 71.5 Å². The number of benzene rings is 2. The van der Waals surface area contributed by atoms with Crippen LogP contribution in [0.5, 0.6) is 0 Å². The first-order valence-electron chi connectivity index (χ1n) is 10.7. The minimum atomic E-state index is -4.79. The lowest BCUT2D eigenvalue weighted by Crippen LogP contribution is -2.23. The largest absolute Gasteiger partial charge is 0.433 e. The van der Waals surface area contributed by atoms with Gasteiger partial charge in [-0.05, 0) is 25.1 Å². The molecule has 9 nitrogen and oxygen atoms in total. The number of anilines is 1. The fourth-order valence-electron chi connectivity index (χ4n) is 3.81. The van der Waals surface area contributed by atoms with E-state index in [0.717, 1.165) is 6.07 Å². The first-order valence-corrected chi connectivity index (χ1v) is 10.7. The van der Waals surface area contributed by atoms with E-state index in [1.54, 1.807) is 79.3 Å². The van der Waals surface area contributed by atoms with Gasteiger partial charge in [-0.25, -0.2) is 9.67 Å². The summed E-state index contributed by atoms with van der Waals surface area (Å²) in [6.45, 7) is 1.63. The van der Waals surface area contributed by atoms with Crippen molar-refractivity contribution in [2.45, 2.75) is 13.1 Å². The summed E-state index contributed by atoms with van der Waals surface area (Å²) in [6, 6.07) is 17.9. The van der Waals surface area contributed by atoms with Crippen LogP contribution in [0.4, 0.5) is 18.9 Å². The van der Waals surface area contributed by atoms with Crippen molar-refractivity contribution < 1.29 is 18.0 Å². The maximum Gasteiger partial charge on any atom is 0.433 e. The molecule has 0 spiro atoms. The molecular weight excluding hydrogens is 475 g/mol. The number of carbonyl (C=O) groups is 1. The molecule has 12 heteroatoms. The molecule has 36 heavy (non-hydrogen) atoms. The van der Waals surface area contributed by atoms with Crippen LogP contribution in [0.3, 0.4) is 0 Å². The number of carbonyl (C=O) groups excluding carboxylic acids is 1. The Bertz CT molecular complexity index is 1650. The second-order valence-electron chi connectivity index (χ2n) is 7.93.